The molecule has 19 heavy (non-hydrogen) atoms. The van der Waals surface area contributed by atoms with Gasteiger partial charge in [0.15, 0.2) is 0 Å². The molecule has 4 nitrogen and oxygen atoms in total. The Bertz CT molecular complexity index is 408. The fourth-order valence-corrected chi connectivity index (χ4v) is 3.15. The van der Waals surface area contributed by atoms with Gasteiger partial charge in [-0.2, -0.15) is 0 Å². The molecule has 0 aliphatic carbocycles. The Morgan fingerprint density at radius 1 is 1.68 bits per heavy atom. The zero-order valence-corrected chi connectivity index (χ0v) is 12.3. The van der Waals surface area contributed by atoms with Crippen molar-refractivity contribution >= 4 is 17.4 Å². The smallest absolute Gasteiger partial charge is 0.317 e. The lowest BCUT2D eigenvalue weighted by atomic mass is 9.96. The van der Waals surface area contributed by atoms with Crippen LogP contribution in [0.25, 0.3) is 0 Å². The fourth-order valence-electron chi connectivity index (χ4n) is 2.32. The number of carbonyl (C=O) groups excluding carboxylic acids is 1. The summed E-state index contributed by atoms with van der Waals surface area (Å²) in [5.74, 6) is 0.285. The Balaban J connectivity index is 1.80. The minimum Gasteiger partial charge on any atom is -0.391 e. The van der Waals surface area contributed by atoms with E-state index in [-0.39, 0.29) is 18.0 Å². The second-order valence-electron chi connectivity index (χ2n) is 5.41. The first-order valence-corrected chi connectivity index (χ1v) is 7.70. The number of hydrogen-bond acceptors (Lipinski definition) is 3. The molecule has 0 bridgehead atoms. The van der Waals surface area contributed by atoms with Crippen molar-refractivity contribution in [2.45, 2.75) is 38.8 Å². The number of urea groups is 1. The molecule has 3 atom stereocenters. The van der Waals surface area contributed by atoms with Gasteiger partial charge in [-0.1, -0.05) is 13.0 Å². The lowest BCUT2D eigenvalue weighted by Crippen LogP contribution is -2.51. The topological polar surface area (TPSA) is 52.6 Å². The van der Waals surface area contributed by atoms with Crippen molar-refractivity contribution in [1.82, 2.24) is 10.2 Å². The molecule has 2 heterocycles. The zero-order chi connectivity index (χ0) is 13.8. The lowest BCUT2D eigenvalue weighted by molar-refractivity contribution is 0.0431. The molecular weight excluding hydrogens is 260 g/mol. The maximum absolute atomic E-state index is 12.1. The minimum absolute atomic E-state index is 0.0602. The summed E-state index contributed by atoms with van der Waals surface area (Å²) in [4.78, 5) is 15.1. The Hall–Kier alpha value is -1.07. The van der Waals surface area contributed by atoms with Crippen LogP contribution in [0.15, 0.2) is 17.5 Å². The minimum atomic E-state index is -0.396. The number of nitrogens with one attached hydrogen (secondary N) is 1. The average Bonchev–Trinajstić information content (AvgIpc) is 2.85. The van der Waals surface area contributed by atoms with Crippen LogP contribution in [0, 0.1) is 5.92 Å². The van der Waals surface area contributed by atoms with Gasteiger partial charge in [-0.3, -0.25) is 0 Å². The molecule has 1 aromatic rings. The predicted octanol–water partition coefficient (Wildman–Crippen LogP) is 2.09. The highest BCUT2D eigenvalue weighted by Crippen LogP contribution is 2.17. The maximum Gasteiger partial charge on any atom is 0.317 e. The third kappa shape index (κ3) is 3.94. The molecule has 1 saturated heterocycles. The van der Waals surface area contributed by atoms with Gasteiger partial charge >= 0.3 is 6.03 Å². The second-order valence-corrected chi connectivity index (χ2v) is 6.45. The highest BCUT2D eigenvalue weighted by atomic mass is 32.1. The molecule has 1 aliphatic rings. The normalized spacial score (nSPS) is 25.1. The molecule has 0 aromatic carbocycles. The molecule has 1 aromatic heterocycles. The molecular formula is C14H22N2O2S. The maximum atomic E-state index is 12.1. The third-order valence-electron chi connectivity index (χ3n) is 3.66. The van der Waals surface area contributed by atoms with Gasteiger partial charge < -0.3 is 15.3 Å². The van der Waals surface area contributed by atoms with Gasteiger partial charge in [0.05, 0.1) is 6.10 Å². The van der Waals surface area contributed by atoms with E-state index in [9.17, 15) is 9.90 Å². The number of β-amino-alcohol motifs (C(OH)–C–C–N with tert-alkyl or cyclic N) is 1. The van der Waals surface area contributed by atoms with Gasteiger partial charge in [-0.15, -0.1) is 11.3 Å². The molecule has 0 saturated carbocycles. The molecule has 106 valence electrons. The molecule has 1 aliphatic heterocycles. The number of aliphatic hydroxyl groups is 1. The van der Waals surface area contributed by atoms with Gasteiger partial charge in [0.25, 0.3) is 0 Å². The van der Waals surface area contributed by atoms with Crippen LogP contribution < -0.4 is 5.32 Å². The number of carbonyl (C=O) groups is 1. The molecule has 3 unspecified atom stereocenters. The Morgan fingerprint density at radius 2 is 2.47 bits per heavy atom. The second kappa shape index (κ2) is 6.39. The highest BCUT2D eigenvalue weighted by molar-refractivity contribution is 7.09. The number of amides is 2. The number of thiophene rings is 1. The van der Waals surface area contributed by atoms with Crippen molar-refractivity contribution in [2.24, 2.45) is 5.92 Å². The van der Waals surface area contributed by atoms with Crippen LogP contribution in [0.3, 0.4) is 0 Å². The van der Waals surface area contributed by atoms with Gasteiger partial charge in [-0.25, -0.2) is 4.79 Å². The summed E-state index contributed by atoms with van der Waals surface area (Å²) in [5.41, 5.74) is 0. The van der Waals surface area contributed by atoms with Crippen LogP contribution in [-0.2, 0) is 6.42 Å². The van der Waals surface area contributed by atoms with E-state index in [0.717, 1.165) is 19.4 Å². The third-order valence-corrected chi connectivity index (χ3v) is 4.56. The predicted molar refractivity (Wildman–Crippen MR) is 77.4 cm³/mol. The van der Waals surface area contributed by atoms with Crippen LogP contribution in [-0.4, -0.2) is 41.3 Å². The van der Waals surface area contributed by atoms with E-state index in [1.807, 2.05) is 25.3 Å². The monoisotopic (exact) mass is 282 g/mol. The fraction of sp³-hybridized carbons (Fsp3) is 0.643. The van der Waals surface area contributed by atoms with E-state index >= 15 is 0 Å². The first kappa shape index (κ1) is 14.3. The first-order valence-electron chi connectivity index (χ1n) is 6.82. The van der Waals surface area contributed by atoms with Crippen LogP contribution in [0.1, 0.15) is 25.1 Å². The number of hydrogen-bond donors (Lipinski definition) is 2. The molecule has 5 heteroatoms. The zero-order valence-electron chi connectivity index (χ0n) is 11.5. The van der Waals surface area contributed by atoms with Crippen LogP contribution >= 0.6 is 11.3 Å². The number of likely N-dealkylation sites (tertiary alicyclic amines) is 1. The number of nitrogens with zero attached hydrogens (tertiary/aromatic N) is 1. The van der Waals surface area contributed by atoms with Crippen molar-refractivity contribution in [1.29, 1.82) is 0 Å². The summed E-state index contributed by atoms with van der Waals surface area (Å²) in [7, 11) is 0. The quantitative estimate of drug-likeness (QED) is 0.892. The summed E-state index contributed by atoms with van der Waals surface area (Å²) in [6.07, 6.45) is 1.33. The molecule has 1 fully saturated rings. The van der Waals surface area contributed by atoms with E-state index in [1.165, 1.54) is 4.88 Å². The van der Waals surface area contributed by atoms with Gasteiger partial charge in [-0.05, 0) is 30.7 Å². The van der Waals surface area contributed by atoms with Gasteiger partial charge in [0.1, 0.15) is 0 Å². The highest BCUT2D eigenvalue weighted by Gasteiger charge is 2.27. The van der Waals surface area contributed by atoms with Gasteiger partial charge in [0.2, 0.25) is 0 Å². The summed E-state index contributed by atoms with van der Waals surface area (Å²) >= 11 is 1.71. The van der Waals surface area contributed by atoms with Crippen molar-refractivity contribution in [2.75, 3.05) is 13.1 Å². The van der Waals surface area contributed by atoms with E-state index < -0.39 is 6.10 Å². The van der Waals surface area contributed by atoms with Crippen LogP contribution in [0.2, 0.25) is 0 Å². The van der Waals surface area contributed by atoms with Crippen molar-refractivity contribution < 1.29 is 9.90 Å². The lowest BCUT2D eigenvalue weighted by Gasteiger charge is -2.34. The number of aliphatic hydroxyl groups excluding tert-OH is 1. The van der Waals surface area contributed by atoms with E-state index in [0.29, 0.717) is 6.54 Å². The van der Waals surface area contributed by atoms with E-state index in [4.69, 9.17) is 0 Å². The molecule has 2 amide bonds. The first-order chi connectivity index (χ1) is 9.06. The van der Waals surface area contributed by atoms with Gasteiger partial charge in [0, 0.05) is 30.4 Å². The number of piperidine rings is 1. The SMILES string of the molecule is CC(Cc1cccs1)NC(=O)N1CCC(C)C(O)C1. The van der Waals surface area contributed by atoms with E-state index in [2.05, 4.69) is 11.4 Å². The number of rotatable bonds is 3. The van der Waals surface area contributed by atoms with Crippen molar-refractivity contribution in [3.8, 4) is 0 Å². The Kier molecular flexibility index (Phi) is 4.82. The van der Waals surface area contributed by atoms with Crippen molar-refractivity contribution in [3.05, 3.63) is 22.4 Å². The van der Waals surface area contributed by atoms with Crippen molar-refractivity contribution in [3.63, 3.8) is 0 Å². The van der Waals surface area contributed by atoms with Crippen LogP contribution in [0.5, 0.6) is 0 Å². The molecule has 2 N–H and O–H groups in total. The largest absolute Gasteiger partial charge is 0.391 e. The Labute approximate surface area is 118 Å². The Morgan fingerprint density at radius 3 is 3.11 bits per heavy atom. The average molecular weight is 282 g/mol. The summed E-state index contributed by atoms with van der Waals surface area (Å²) in [6.45, 7) is 5.22. The molecule has 0 radical (unpaired) electrons. The standard InChI is InChI=1S/C14H22N2O2S/c1-10-5-6-16(9-13(10)17)14(18)15-11(2)8-12-4-3-7-19-12/h3-4,7,10-11,13,17H,5-6,8-9H2,1-2H3,(H,15,18). The molecule has 0 spiro atoms. The molecule has 2 rings (SSSR count). The summed E-state index contributed by atoms with van der Waals surface area (Å²) in [6, 6.07) is 4.16. The van der Waals surface area contributed by atoms with Crippen LogP contribution in [0.4, 0.5) is 4.79 Å². The van der Waals surface area contributed by atoms with E-state index in [1.54, 1.807) is 16.2 Å². The summed E-state index contributed by atoms with van der Waals surface area (Å²) < 4.78 is 0. The summed E-state index contributed by atoms with van der Waals surface area (Å²) in [5, 5.41) is 14.9.